The van der Waals surface area contributed by atoms with Crippen LogP contribution in [0.4, 0.5) is 0 Å². The van der Waals surface area contributed by atoms with Crippen molar-refractivity contribution in [2.75, 3.05) is 20.7 Å². The number of ether oxygens (including phenoxy) is 1. The van der Waals surface area contributed by atoms with Crippen LogP contribution in [0, 0.1) is 5.92 Å². The normalized spacial score (nSPS) is 33.0. The molecule has 3 aliphatic rings. The highest BCUT2D eigenvalue weighted by Gasteiger charge is 2.39. The molecule has 1 heterocycles. The minimum absolute atomic E-state index is 0.0166. The van der Waals surface area contributed by atoms with E-state index in [4.69, 9.17) is 4.74 Å². The number of methoxy groups -OCH3 is 1. The van der Waals surface area contributed by atoms with Crippen molar-refractivity contribution in [2.45, 2.75) is 94.2 Å². The lowest BCUT2D eigenvalue weighted by atomic mass is 9.88. The summed E-state index contributed by atoms with van der Waals surface area (Å²) in [5.41, 5.74) is 0. The molecule has 0 bridgehead atoms. The third kappa shape index (κ3) is 5.26. The summed E-state index contributed by atoms with van der Waals surface area (Å²) >= 11 is 0. The maximum atomic E-state index is 13.2. The van der Waals surface area contributed by atoms with Gasteiger partial charge in [0.05, 0.1) is 5.25 Å². The SMILES string of the molecule is COC1CCC(NC(=O)C2CCCC(S(=O)(=O)N(C)C3CCCCC3)C2)CN1. The molecule has 0 aromatic carbocycles. The summed E-state index contributed by atoms with van der Waals surface area (Å²) in [6.07, 6.45) is 9.87. The molecule has 28 heavy (non-hydrogen) atoms. The van der Waals surface area contributed by atoms with Crippen LogP contribution in [0.25, 0.3) is 0 Å². The van der Waals surface area contributed by atoms with Gasteiger partial charge in [-0.1, -0.05) is 25.7 Å². The summed E-state index contributed by atoms with van der Waals surface area (Å²) in [5, 5.41) is 5.98. The van der Waals surface area contributed by atoms with Crippen LogP contribution >= 0.6 is 0 Å². The topological polar surface area (TPSA) is 87.7 Å². The Balaban J connectivity index is 1.54. The molecule has 8 heteroatoms. The van der Waals surface area contributed by atoms with Crippen LogP contribution < -0.4 is 10.6 Å². The van der Waals surface area contributed by atoms with E-state index in [2.05, 4.69) is 10.6 Å². The first kappa shape index (κ1) is 22.0. The van der Waals surface area contributed by atoms with E-state index in [1.165, 1.54) is 6.42 Å². The van der Waals surface area contributed by atoms with Crippen molar-refractivity contribution < 1.29 is 17.9 Å². The number of nitrogens with one attached hydrogen (secondary N) is 2. The Bertz CT molecular complexity index is 613. The van der Waals surface area contributed by atoms with Gasteiger partial charge in [0.15, 0.2) is 0 Å². The van der Waals surface area contributed by atoms with Crippen molar-refractivity contribution in [3.05, 3.63) is 0 Å². The largest absolute Gasteiger partial charge is 0.367 e. The Labute approximate surface area is 170 Å². The first-order valence-electron chi connectivity index (χ1n) is 10.9. The van der Waals surface area contributed by atoms with Crippen molar-refractivity contribution in [3.63, 3.8) is 0 Å². The molecule has 1 aliphatic heterocycles. The second kappa shape index (κ2) is 9.87. The van der Waals surface area contributed by atoms with Gasteiger partial charge in [-0.25, -0.2) is 12.7 Å². The highest BCUT2D eigenvalue weighted by molar-refractivity contribution is 7.89. The van der Waals surface area contributed by atoms with Gasteiger partial charge in [-0.05, 0) is 44.9 Å². The lowest BCUT2D eigenvalue weighted by Gasteiger charge is -2.36. The summed E-state index contributed by atoms with van der Waals surface area (Å²) < 4.78 is 33.3. The van der Waals surface area contributed by atoms with E-state index in [1.807, 2.05) is 0 Å². The molecular formula is C20H37N3O4S. The first-order chi connectivity index (χ1) is 13.4. The van der Waals surface area contributed by atoms with Crippen LogP contribution in [0.1, 0.15) is 70.6 Å². The fourth-order valence-corrected chi connectivity index (χ4v) is 7.05. The Morgan fingerprint density at radius 2 is 1.79 bits per heavy atom. The highest BCUT2D eigenvalue weighted by atomic mass is 32.2. The summed E-state index contributed by atoms with van der Waals surface area (Å²) in [5.74, 6) is -0.184. The number of hydrogen-bond donors (Lipinski definition) is 2. The molecule has 0 radical (unpaired) electrons. The van der Waals surface area contributed by atoms with E-state index >= 15 is 0 Å². The number of amides is 1. The molecule has 1 amide bonds. The van der Waals surface area contributed by atoms with E-state index in [0.717, 1.165) is 51.4 Å². The molecule has 0 aromatic heterocycles. The Morgan fingerprint density at radius 3 is 2.43 bits per heavy atom. The van der Waals surface area contributed by atoms with E-state index in [0.29, 0.717) is 19.4 Å². The van der Waals surface area contributed by atoms with Gasteiger partial charge >= 0.3 is 0 Å². The highest BCUT2D eigenvalue weighted by Crippen LogP contribution is 2.33. The van der Waals surface area contributed by atoms with Crippen LogP contribution in [0.5, 0.6) is 0 Å². The Hall–Kier alpha value is -0.700. The van der Waals surface area contributed by atoms with Crippen molar-refractivity contribution in [2.24, 2.45) is 5.92 Å². The van der Waals surface area contributed by atoms with E-state index in [9.17, 15) is 13.2 Å². The van der Waals surface area contributed by atoms with Crippen LogP contribution in [0.15, 0.2) is 0 Å². The van der Waals surface area contributed by atoms with Gasteiger partial charge in [0.25, 0.3) is 0 Å². The summed E-state index contributed by atoms with van der Waals surface area (Å²) in [6, 6.07) is 0.232. The average Bonchev–Trinajstić information content (AvgIpc) is 2.74. The van der Waals surface area contributed by atoms with E-state index in [-0.39, 0.29) is 30.1 Å². The van der Waals surface area contributed by atoms with Crippen LogP contribution in [0.3, 0.4) is 0 Å². The Morgan fingerprint density at radius 1 is 1.04 bits per heavy atom. The number of piperidine rings is 1. The first-order valence-corrected chi connectivity index (χ1v) is 12.5. The van der Waals surface area contributed by atoms with Gasteiger partial charge < -0.3 is 10.1 Å². The predicted molar refractivity (Wildman–Crippen MR) is 109 cm³/mol. The number of carbonyl (C=O) groups excluding carboxylic acids is 1. The molecule has 3 rings (SSSR count). The van der Waals surface area contributed by atoms with Gasteiger partial charge in [0.1, 0.15) is 6.23 Å². The zero-order chi connectivity index (χ0) is 20.1. The predicted octanol–water partition coefficient (Wildman–Crippen LogP) is 1.98. The van der Waals surface area contributed by atoms with Crippen LogP contribution in [-0.2, 0) is 19.6 Å². The van der Waals surface area contributed by atoms with E-state index in [1.54, 1.807) is 18.5 Å². The van der Waals surface area contributed by atoms with Crippen molar-refractivity contribution in [1.82, 2.24) is 14.9 Å². The number of sulfonamides is 1. The maximum Gasteiger partial charge on any atom is 0.223 e. The quantitative estimate of drug-likeness (QED) is 0.693. The zero-order valence-corrected chi connectivity index (χ0v) is 18.2. The molecule has 0 aromatic rings. The van der Waals surface area contributed by atoms with Gasteiger partial charge in [-0.15, -0.1) is 0 Å². The second-order valence-electron chi connectivity index (χ2n) is 8.75. The minimum Gasteiger partial charge on any atom is -0.367 e. The fourth-order valence-electron chi connectivity index (χ4n) is 5.01. The lowest BCUT2D eigenvalue weighted by Crippen LogP contribution is -2.52. The molecule has 2 aliphatic carbocycles. The Kier molecular flexibility index (Phi) is 7.75. The molecule has 4 atom stereocenters. The second-order valence-corrected chi connectivity index (χ2v) is 11.0. The molecule has 2 N–H and O–H groups in total. The summed E-state index contributed by atoms with van der Waals surface area (Å²) in [7, 11) is 0.0816. The number of hydrogen-bond acceptors (Lipinski definition) is 5. The van der Waals surface area contributed by atoms with Crippen molar-refractivity contribution in [3.8, 4) is 0 Å². The maximum absolute atomic E-state index is 13.2. The number of nitrogens with zero attached hydrogens (tertiary/aromatic N) is 1. The fraction of sp³-hybridized carbons (Fsp3) is 0.950. The molecule has 0 spiro atoms. The molecule has 4 unspecified atom stereocenters. The molecule has 2 saturated carbocycles. The summed E-state index contributed by atoms with van der Waals surface area (Å²) in [6.45, 7) is 0.698. The third-order valence-corrected chi connectivity index (χ3v) is 9.28. The van der Waals surface area contributed by atoms with Crippen LogP contribution in [0.2, 0.25) is 0 Å². The van der Waals surface area contributed by atoms with E-state index < -0.39 is 15.3 Å². The smallest absolute Gasteiger partial charge is 0.223 e. The third-order valence-electron chi connectivity index (χ3n) is 6.91. The van der Waals surface area contributed by atoms with Gasteiger partial charge in [0.2, 0.25) is 15.9 Å². The molecule has 3 fully saturated rings. The van der Waals surface area contributed by atoms with Gasteiger partial charge in [0, 0.05) is 38.7 Å². The van der Waals surface area contributed by atoms with Gasteiger partial charge in [-0.3, -0.25) is 10.1 Å². The molecule has 162 valence electrons. The zero-order valence-electron chi connectivity index (χ0n) is 17.4. The van der Waals surface area contributed by atoms with Crippen molar-refractivity contribution in [1.29, 1.82) is 0 Å². The standard InChI is InChI=1S/C20H37N3O4S/c1-23(17-8-4-3-5-9-17)28(25,26)18-10-6-7-15(13-18)20(24)22-16-11-12-19(27-2)21-14-16/h15-19,21H,3-14H2,1-2H3,(H,22,24). The molecule has 1 saturated heterocycles. The lowest BCUT2D eigenvalue weighted by molar-refractivity contribution is -0.127. The average molecular weight is 416 g/mol. The number of rotatable bonds is 6. The summed E-state index contributed by atoms with van der Waals surface area (Å²) in [4.78, 5) is 12.8. The van der Waals surface area contributed by atoms with Gasteiger partial charge in [-0.2, -0.15) is 0 Å². The van der Waals surface area contributed by atoms with Crippen molar-refractivity contribution >= 4 is 15.9 Å². The molecule has 7 nitrogen and oxygen atoms in total. The minimum atomic E-state index is -3.35. The number of carbonyl (C=O) groups is 1. The molecular weight excluding hydrogens is 378 g/mol. The monoisotopic (exact) mass is 415 g/mol. The van der Waals surface area contributed by atoms with Crippen LogP contribution in [-0.4, -0.2) is 62.9 Å².